The second kappa shape index (κ2) is 10.2. The van der Waals surface area contributed by atoms with Gasteiger partial charge < -0.3 is 20.1 Å². The van der Waals surface area contributed by atoms with Crippen LogP contribution in [0.2, 0.25) is 0 Å². The van der Waals surface area contributed by atoms with Gasteiger partial charge in [0.15, 0.2) is 5.82 Å². The summed E-state index contributed by atoms with van der Waals surface area (Å²) in [5.74, 6) is 2.70. The fourth-order valence-electron chi connectivity index (χ4n) is 3.65. The maximum absolute atomic E-state index is 11.9. The Morgan fingerprint density at radius 2 is 1.83 bits per heavy atom. The van der Waals surface area contributed by atoms with Gasteiger partial charge in [0.25, 0.3) is 0 Å². The molecule has 4 rings (SSSR count). The van der Waals surface area contributed by atoms with E-state index in [4.69, 9.17) is 9.47 Å². The van der Waals surface area contributed by atoms with Gasteiger partial charge in [-0.3, -0.25) is 4.98 Å². The lowest BCUT2D eigenvalue weighted by atomic mass is 10.1. The highest BCUT2D eigenvalue weighted by atomic mass is 16.6. The lowest BCUT2D eigenvalue weighted by Crippen LogP contribution is -2.34. The van der Waals surface area contributed by atoms with Crippen molar-refractivity contribution in [3.8, 4) is 16.9 Å². The average molecular weight is 490 g/mol. The zero-order chi connectivity index (χ0) is 25.9. The van der Waals surface area contributed by atoms with Crippen LogP contribution in [-0.4, -0.2) is 49.4 Å². The molecule has 0 aliphatic carbocycles. The average Bonchev–Trinajstić information content (AvgIpc) is 3.17. The molecule has 0 radical (unpaired) electrons. The van der Waals surface area contributed by atoms with Gasteiger partial charge in [-0.05, 0) is 65.3 Å². The third-order valence-corrected chi connectivity index (χ3v) is 5.03. The number of hydrogen-bond acceptors (Lipinski definition) is 8. The molecule has 0 aliphatic heterocycles. The van der Waals surface area contributed by atoms with E-state index in [2.05, 4.69) is 30.7 Å². The Balaban J connectivity index is 1.49. The van der Waals surface area contributed by atoms with Crippen LogP contribution >= 0.6 is 0 Å². The Morgan fingerprint density at radius 1 is 1.03 bits per heavy atom. The standard InChI is InChI=1S/C26H31N7O3/c1-16-11-21(22(15-28-16)35-10-8-27-25(34)36-26(4,5)6)19-7-9-33-20(13-19)14-24(32-33)31-23-12-17(2)29-18(3)30-23/h7,9,11-15H,8,10H2,1-6H3,(H,27,34)(H,29,30,31,32). The molecule has 0 atom stereocenters. The quantitative estimate of drug-likeness (QED) is 0.357. The van der Waals surface area contributed by atoms with Crippen LogP contribution in [0.5, 0.6) is 5.75 Å². The third-order valence-electron chi connectivity index (χ3n) is 5.03. The molecular weight excluding hydrogens is 458 g/mol. The smallest absolute Gasteiger partial charge is 0.407 e. The molecule has 4 aromatic rings. The van der Waals surface area contributed by atoms with Gasteiger partial charge in [-0.15, -0.1) is 0 Å². The fraction of sp³-hybridized carbons (Fsp3) is 0.346. The number of nitrogens with one attached hydrogen (secondary N) is 2. The molecule has 0 bridgehead atoms. The predicted molar refractivity (Wildman–Crippen MR) is 138 cm³/mol. The minimum Gasteiger partial charge on any atom is -0.489 e. The first-order valence-electron chi connectivity index (χ1n) is 11.7. The normalized spacial score (nSPS) is 11.4. The van der Waals surface area contributed by atoms with Gasteiger partial charge >= 0.3 is 6.09 Å². The largest absolute Gasteiger partial charge is 0.489 e. The van der Waals surface area contributed by atoms with Gasteiger partial charge in [-0.2, -0.15) is 5.10 Å². The number of alkyl carbamates (subject to hydrolysis) is 1. The Hall–Kier alpha value is -4.21. The maximum atomic E-state index is 11.9. The van der Waals surface area contributed by atoms with E-state index >= 15 is 0 Å². The zero-order valence-corrected chi connectivity index (χ0v) is 21.4. The van der Waals surface area contributed by atoms with Crippen LogP contribution in [0.15, 0.2) is 42.7 Å². The molecule has 10 heteroatoms. The van der Waals surface area contributed by atoms with Gasteiger partial charge in [0.05, 0.1) is 18.3 Å². The summed E-state index contributed by atoms with van der Waals surface area (Å²) in [6.07, 6.45) is 3.12. The summed E-state index contributed by atoms with van der Waals surface area (Å²) in [5.41, 5.74) is 3.98. The topological polar surface area (TPSA) is 116 Å². The van der Waals surface area contributed by atoms with Gasteiger partial charge in [0.1, 0.15) is 29.6 Å². The molecule has 0 aliphatic rings. The van der Waals surface area contributed by atoms with Crippen molar-refractivity contribution >= 4 is 23.2 Å². The summed E-state index contributed by atoms with van der Waals surface area (Å²) >= 11 is 0. The number of fused-ring (bicyclic) bond motifs is 1. The van der Waals surface area contributed by atoms with E-state index in [1.165, 1.54) is 0 Å². The number of aryl methyl sites for hydroxylation is 3. The Bertz CT molecular complexity index is 1370. The van der Waals surface area contributed by atoms with Gasteiger partial charge in [-0.25, -0.2) is 19.3 Å². The van der Waals surface area contributed by atoms with Crippen LogP contribution in [0.25, 0.3) is 16.6 Å². The summed E-state index contributed by atoms with van der Waals surface area (Å²) in [7, 11) is 0. The molecule has 188 valence electrons. The van der Waals surface area contributed by atoms with E-state index in [1.807, 2.05) is 78.1 Å². The number of anilines is 2. The van der Waals surface area contributed by atoms with Crippen LogP contribution < -0.4 is 15.4 Å². The van der Waals surface area contributed by atoms with Crippen molar-refractivity contribution in [2.75, 3.05) is 18.5 Å². The number of hydrogen-bond donors (Lipinski definition) is 2. The molecule has 0 saturated heterocycles. The van der Waals surface area contributed by atoms with E-state index < -0.39 is 11.7 Å². The molecular formula is C26H31N7O3. The molecule has 0 fully saturated rings. The minimum absolute atomic E-state index is 0.276. The van der Waals surface area contributed by atoms with E-state index in [9.17, 15) is 4.79 Å². The summed E-state index contributed by atoms with van der Waals surface area (Å²) in [6, 6.07) is 9.82. The third kappa shape index (κ3) is 6.47. The summed E-state index contributed by atoms with van der Waals surface area (Å²) < 4.78 is 13.0. The van der Waals surface area contributed by atoms with Crippen molar-refractivity contribution in [2.45, 2.75) is 47.1 Å². The first-order valence-corrected chi connectivity index (χ1v) is 11.7. The van der Waals surface area contributed by atoms with E-state index in [-0.39, 0.29) is 6.61 Å². The van der Waals surface area contributed by atoms with Crippen LogP contribution in [0.1, 0.15) is 38.0 Å². The molecule has 0 aromatic carbocycles. The maximum Gasteiger partial charge on any atom is 0.407 e. The number of amides is 1. The summed E-state index contributed by atoms with van der Waals surface area (Å²) in [4.78, 5) is 25.0. The number of aromatic nitrogens is 5. The van der Waals surface area contributed by atoms with Crippen molar-refractivity contribution in [1.29, 1.82) is 0 Å². The zero-order valence-electron chi connectivity index (χ0n) is 21.4. The van der Waals surface area contributed by atoms with Crippen molar-refractivity contribution in [2.24, 2.45) is 0 Å². The second-order valence-electron chi connectivity index (χ2n) is 9.48. The van der Waals surface area contributed by atoms with Crippen LogP contribution in [0.3, 0.4) is 0 Å². The molecule has 10 nitrogen and oxygen atoms in total. The minimum atomic E-state index is -0.548. The molecule has 0 spiro atoms. The molecule has 4 heterocycles. The lowest BCUT2D eigenvalue weighted by Gasteiger charge is -2.19. The van der Waals surface area contributed by atoms with Crippen LogP contribution in [-0.2, 0) is 4.74 Å². The Labute approximate surface area is 210 Å². The monoisotopic (exact) mass is 489 g/mol. The Kier molecular flexibility index (Phi) is 7.05. The molecule has 2 N–H and O–H groups in total. The highest BCUT2D eigenvalue weighted by Crippen LogP contribution is 2.31. The first kappa shape index (κ1) is 24.9. The van der Waals surface area contributed by atoms with Crippen molar-refractivity contribution in [3.05, 3.63) is 59.9 Å². The number of carbonyl (C=O) groups is 1. The fourth-order valence-corrected chi connectivity index (χ4v) is 3.65. The molecule has 0 unspecified atom stereocenters. The number of rotatable bonds is 7. The molecule has 36 heavy (non-hydrogen) atoms. The lowest BCUT2D eigenvalue weighted by molar-refractivity contribution is 0.0520. The predicted octanol–water partition coefficient (Wildman–Crippen LogP) is 4.76. The molecule has 4 aromatic heterocycles. The number of carbonyl (C=O) groups excluding carboxylic acids is 1. The number of nitrogens with zero attached hydrogens (tertiary/aromatic N) is 5. The van der Waals surface area contributed by atoms with E-state index in [1.54, 1.807) is 10.7 Å². The molecule has 0 saturated carbocycles. The highest BCUT2D eigenvalue weighted by molar-refractivity contribution is 5.75. The molecule has 1 amide bonds. The van der Waals surface area contributed by atoms with Gasteiger partial charge in [-0.1, -0.05) is 0 Å². The van der Waals surface area contributed by atoms with E-state index in [0.717, 1.165) is 28.0 Å². The van der Waals surface area contributed by atoms with E-state index in [0.29, 0.717) is 29.8 Å². The Morgan fingerprint density at radius 3 is 2.58 bits per heavy atom. The summed E-state index contributed by atoms with van der Waals surface area (Å²) in [5, 5.41) is 10.5. The van der Waals surface area contributed by atoms with Crippen molar-refractivity contribution in [3.63, 3.8) is 0 Å². The summed E-state index contributed by atoms with van der Waals surface area (Å²) in [6.45, 7) is 11.8. The second-order valence-corrected chi connectivity index (χ2v) is 9.48. The van der Waals surface area contributed by atoms with Crippen LogP contribution in [0, 0.1) is 20.8 Å². The highest BCUT2D eigenvalue weighted by Gasteiger charge is 2.16. The number of ether oxygens (including phenoxy) is 2. The van der Waals surface area contributed by atoms with Crippen LogP contribution in [0.4, 0.5) is 16.4 Å². The first-order chi connectivity index (χ1) is 17.1. The van der Waals surface area contributed by atoms with Gasteiger partial charge in [0, 0.05) is 35.3 Å². The SMILES string of the molecule is Cc1cc(-c2ccn3nc(Nc4cc(C)nc(C)n4)cc3c2)c(OCCNC(=O)OC(C)(C)C)cn1. The number of pyridine rings is 2. The van der Waals surface area contributed by atoms with Crippen molar-refractivity contribution in [1.82, 2.24) is 29.9 Å². The van der Waals surface area contributed by atoms with Crippen molar-refractivity contribution < 1.29 is 14.3 Å². The van der Waals surface area contributed by atoms with Gasteiger partial charge in [0.2, 0.25) is 0 Å².